The van der Waals surface area contributed by atoms with Crippen LogP contribution in [0, 0.1) is 0 Å². The zero-order valence-corrected chi connectivity index (χ0v) is 10.4. The molecular formula is C14H14N4O. The Morgan fingerprint density at radius 2 is 2.32 bits per heavy atom. The van der Waals surface area contributed by atoms with Crippen molar-refractivity contribution < 1.29 is 4.42 Å². The summed E-state index contributed by atoms with van der Waals surface area (Å²) in [5.74, 6) is 1.44. The summed E-state index contributed by atoms with van der Waals surface area (Å²) >= 11 is 0. The van der Waals surface area contributed by atoms with Crippen LogP contribution in [0.2, 0.25) is 0 Å². The molecule has 2 aromatic heterocycles. The standard InChI is InChI=1S/C14H14N4O/c1-2-9(1)14-18-12-5-10(3-4-13(12)19-14)16-7-11-6-15-8-17-11/h3-6,8-9,16H,1-2,7H2,(H,15,17). The molecule has 1 aliphatic rings. The summed E-state index contributed by atoms with van der Waals surface area (Å²) < 4.78 is 5.74. The third-order valence-corrected chi connectivity index (χ3v) is 3.37. The van der Waals surface area contributed by atoms with Gasteiger partial charge >= 0.3 is 0 Å². The first-order valence-corrected chi connectivity index (χ1v) is 6.50. The molecule has 96 valence electrons. The van der Waals surface area contributed by atoms with E-state index in [-0.39, 0.29) is 0 Å². The number of nitrogens with zero attached hydrogens (tertiary/aromatic N) is 2. The number of rotatable bonds is 4. The molecule has 5 heteroatoms. The lowest BCUT2D eigenvalue weighted by Gasteiger charge is -2.03. The zero-order valence-electron chi connectivity index (χ0n) is 10.4. The first-order chi connectivity index (χ1) is 9.38. The van der Waals surface area contributed by atoms with Crippen molar-refractivity contribution in [3.05, 3.63) is 42.3 Å². The van der Waals surface area contributed by atoms with Gasteiger partial charge in [-0.25, -0.2) is 9.97 Å². The van der Waals surface area contributed by atoms with Crippen LogP contribution in [0.15, 0.2) is 35.1 Å². The second kappa shape index (κ2) is 4.12. The lowest BCUT2D eigenvalue weighted by Crippen LogP contribution is -1.99. The summed E-state index contributed by atoms with van der Waals surface area (Å²) in [6.45, 7) is 0.721. The Bertz CT molecular complexity index is 697. The van der Waals surface area contributed by atoms with Crippen molar-refractivity contribution in [3.63, 3.8) is 0 Å². The van der Waals surface area contributed by atoms with Gasteiger partial charge in [0.1, 0.15) is 5.52 Å². The molecule has 5 nitrogen and oxygen atoms in total. The molecule has 0 unspecified atom stereocenters. The summed E-state index contributed by atoms with van der Waals surface area (Å²) in [7, 11) is 0. The van der Waals surface area contributed by atoms with Crippen molar-refractivity contribution in [2.45, 2.75) is 25.3 Å². The highest BCUT2D eigenvalue weighted by Gasteiger charge is 2.28. The van der Waals surface area contributed by atoms with Gasteiger partial charge in [-0.05, 0) is 31.0 Å². The van der Waals surface area contributed by atoms with Gasteiger partial charge in [0.2, 0.25) is 0 Å². The Balaban J connectivity index is 1.56. The van der Waals surface area contributed by atoms with Crippen molar-refractivity contribution in [2.24, 2.45) is 0 Å². The van der Waals surface area contributed by atoms with Gasteiger partial charge in [-0.1, -0.05) is 0 Å². The van der Waals surface area contributed by atoms with Crippen LogP contribution in [0.1, 0.15) is 30.3 Å². The fraction of sp³-hybridized carbons (Fsp3) is 0.286. The molecule has 4 rings (SSSR count). The van der Waals surface area contributed by atoms with Crippen LogP contribution in [-0.2, 0) is 6.54 Å². The molecule has 0 aliphatic heterocycles. The molecule has 2 N–H and O–H groups in total. The largest absolute Gasteiger partial charge is 0.440 e. The van der Waals surface area contributed by atoms with Crippen molar-refractivity contribution in [2.75, 3.05) is 5.32 Å². The molecule has 0 atom stereocenters. The lowest BCUT2D eigenvalue weighted by atomic mass is 10.3. The molecular weight excluding hydrogens is 240 g/mol. The summed E-state index contributed by atoms with van der Waals surface area (Å²) in [6, 6.07) is 6.02. The van der Waals surface area contributed by atoms with Crippen LogP contribution >= 0.6 is 0 Å². The minimum Gasteiger partial charge on any atom is -0.440 e. The normalized spacial score (nSPS) is 14.9. The highest BCUT2D eigenvalue weighted by atomic mass is 16.3. The van der Waals surface area contributed by atoms with Crippen molar-refractivity contribution in [1.29, 1.82) is 0 Å². The highest BCUT2D eigenvalue weighted by Crippen LogP contribution is 2.40. The summed E-state index contributed by atoms with van der Waals surface area (Å²) in [5.41, 5.74) is 3.89. The van der Waals surface area contributed by atoms with Gasteiger partial charge < -0.3 is 14.7 Å². The van der Waals surface area contributed by atoms with E-state index in [1.165, 1.54) is 12.8 Å². The number of anilines is 1. The predicted molar refractivity (Wildman–Crippen MR) is 71.9 cm³/mol. The SMILES string of the molecule is c1ncc(CNc2ccc3oc(C4CC4)nc3c2)[nH]1. The second-order valence-electron chi connectivity index (χ2n) is 4.94. The summed E-state index contributed by atoms with van der Waals surface area (Å²) in [6.07, 6.45) is 5.90. The summed E-state index contributed by atoms with van der Waals surface area (Å²) in [5, 5.41) is 3.34. The highest BCUT2D eigenvalue weighted by molar-refractivity contribution is 5.77. The van der Waals surface area contributed by atoms with Gasteiger partial charge in [-0.2, -0.15) is 0 Å². The minimum absolute atomic E-state index is 0.550. The molecule has 0 spiro atoms. The topological polar surface area (TPSA) is 66.7 Å². The van der Waals surface area contributed by atoms with Gasteiger partial charge in [-0.3, -0.25) is 0 Å². The number of hydrogen-bond acceptors (Lipinski definition) is 4. The van der Waals surface area contributed by atoms with E-state index in [0.717, 1.165) is 34.9 Å². The Morgan fingerprint density at radius 3 is 3.11 bits per heavy atom. The number of nitrogens with one attached hydrogen (secondary N) is 2. The minimum atomic E-state index is 0.550. The van der Waals surface area contributed by atoms with E-state index in [4.69, 9.17) is 4.42 Å². The molecule has 1 saturated carbocycles. The molecule has 2 heterocycles. The maximum atomic E-state index is 5.74. The Hall–Kier alpha value is -2.30. The van der Waals surface area contributed by atoms with Crippen molar-refractivity contribution >= 4 is 16.8 Å². The van der Waals surface area contributed by atoms with Crippen molar-refractivity contribution in [1.82, 2.24) is 15.0 Å². The fourth-order valence-electron chi connectivity index (χ4n) is 2.14. The second-order valence-corrected chi connectivity index (χ2v) is 4.94. The van der Waals surface area contributed by atoms with Crippen LogP contribution in [-0.4, -0.2) is 15.0 Å². The van der Waals surface area contributed by atoms with Gasteiger partial charge in [0.05, 0.1) is 18.6 Å². The van der Waals surface area contributed by atoms with Crippen molar-refractivity contribution in [3.8, 4) is 0 Å². The quantitative estimate of drug-likeness (QED) is 0.751. The van der Waals surface area contributed by atoms with E-state index in [1.54, 1.807) is 6.33 Å². The molecule has 0 saturated heterocycles. The molecule has 0 bridgehead atoms. The zero-order chi connectivity index (χ0) is 12.7. The molecule has 1 aromatic carbocycles. The fourth-order valence-corrected chi connectivity index (χ4v) is 2.14. The first kappa shape index (κ1) is 10.6. The smallest absolute Gasteiger partial charge is 0.198 e. The average molecular weight is 254 g/mol. The van der Waals surface area contributed by atoms with Gasteiger partial charge in [-0.15, -0.1) is 0 Å². The molecule has 0 radical (unpaired) electrons. The molecule has 1 fully saturated rings. The van der Waals surface area contributed by atoms with Crippen LogP contribution in [0.25, 0.3) is 11.1 Å². The number of oxazole rings is 1. The molecule has 0 amide bonds. The van der Waals surface area contributed by atoms with E-state index in [9.17, 15) is 0 Å². The maximum Gasteiger partial charge on any atom is 0.198 e. The van der Waals surface area contributed by atoms with E-state index >= 15 is 0 Å². The molecule has 1 aliphatic carbocycles. The third kappa shape index (κ3) is 2.07. The van der Waals surface area contributed by atoms with E-state index < -0.39 is 0 Å². The summed E-state index contributed by atoms with van der Waals surface area (Å²) in [4.78, 5) is 11.6. The molecule has 19 heavy (non-hydrogen) atoms. The Kier molecular flexibility index (Phi) is 2.30. The Morgan fingerprint density at radius 1 is 1.37 bits per heavy atom. The van der Waals surface area contributed by atoms with Gasteiger partial charge in [0.25, 0.3) is 0 Å². The van der Waals surface area contributed by atoms with Crippen LogP contribution in [0.4, 0.5) is 5.69 Å². The predicted octanol–water partition coefficient (Wildman–Crippen LogP) is 3.04. The number of aromatic nitrogens is 3. The number of fused-ring (bicyclic) bond motifs is 1. The number of H-pyrrole nitrogens is 1. The lowest BCUT2D eigenvalue weighted by molar-refractivity contribution is 0.533. The number of benzene rings is 1. The average Bonchev–Trinajstić information content (AvgIpc) is 3.00. The van der Waals surface area contributed by atoms with Crippen LogP contribution in [0.5, 0.6) is 0 Å². The van der Waals surface area contributed by atoms with Gasteiger partial charge in [0, 0.05) is 17.8 Å². The third-order valence-electron chi connectivity index (χ3n) is 3.37. The number of hydrogen-bond donors (Lipinski definition) is 2. The monoisotopic (exact) mass is 254 g/mol. The first-order valence-electron chi connectivity index (χ1n) is 6.50. The van der Waals surface area contributed by atoms with E-state index in [1.807, 2.05) is 24.4 Å². The Labute approximate surface area is 110 Å². The number of imidazole rings is 1. The van der Waals surface area contributed by atoms with E-state index in [2.05, 4.69) is 20.3 Å². The van der Waals surface area contributed by atoms with Gasteiger partial charge in [0.15, 0.2) is 11.5 Å². The van der Waals surface area contributed by atoms with Crippen LogP contribution < -0.4 is 5.32 Å². The van der Waals surface area contributed by atoms with E-state index in [0.29, 0.717) is 5.92 Å². The number of aromatic amines is 1. The maximum absolute atomic E-state index is 5.74. The molecule has 3 aromatic rings. The van der Waals surface area contributed by atoms with Crippen LogP contribution in [0.3, 0.4) is 0 Å².